The van der Waals surface area contributed by atoms with Crippen molar-refractivity contribution >= 4 is 14.0 Å². The van der Waals surface area contributed by atoms with E-state index in [0.29, 0.717) is 5.82 Å². The lowest BCUT2D eigenvalue weighted by atomic mass is 10.2. The second kappa shape index (κ2) is 8.23. The Hall–Kier alpha value is -2.27. The summed E-state index contributed by atoms with van der Waals surface area (Å²) >= 11 is 0. The summed E-state index contributed by atoms with van der Waals surface area (Å²) in [6.45, 7) is 13.2. The van der Waals surface area contributed by atoms with Crippen molar-refractivity contribution in [3.05, 3.63) is 27.6 Å². The maximum Gasteiger partial charge on any atom is 0.353 e. The minimum atomic E-state index is -2.09. The highest BCUT2D eigenvalue weighted by Gasteiger charge is 2.38. The number of halogens is 1. The minimum Gasteiger partial charge on any atom is -0.469 e. The van der Waals surface area contributed by atoms with Crippen molar-refractivity contribution in [2.24, 2.45) is 7.05 Å². The summed E-state index contributed by atoms with van der Waals surface area (Å²) in [7, 11) is -0.345. The Morgan fingerprint density at radius 3 is 2.38 bits per heavy atom. The van der Waals surface area contributed by atoms with E-state index in [9.17, 15) is 14.5 Å². The quantitative estimate of drug-likeness (QED) is 0.360. The van der Waals surface area contributed by atoms with Crippen LogP contribution >= 0.6 is 0 Å². The molecule has 0 radical (unpaired) electrons. The third-order valence-electron chi connectivity index (χ3n) is 5.25. The largest absolute Gasteiger partial charge is 0.469 e. The Labute approximate surface area is 171 Å². The van der Waals surface area contributed by atoms with Crippen molar-refractivity contribution in [2.45, 2.75) is 58.9 Å². The van der Waals surface area contributed by atoms with Gasteiger partial charge in [-0.2, -0.15) is 5.10 Å². The fourth-order valence-electron chi connectivity index (χ4n) is 2.52. The first kappa shape index (κ1) is 23.0. The smallest absolute Gasteiger partial charge is 0.353 e. The molecule has 0 spiro atoms. The molecular formula is C18H30FN5O4Si. The predicted octanol–water partition coefficient (Wildman–Crippen LogP) is 3.87. The average molecular weight is 428 g/mol. The summed E-state index contributed by atoms with van der Waals surface area (Å²) < 4.78 is 28.6. The van der Waals surface area contributed by atoms with Crippen LogP contribution in [0.3, 0.4) is 0 Å². The number of rotatable bonds is 8. The zero-order valence-electron chi connectivity index (χ0n) is 18.3. The van der Waals surface area contributed by atoms with Gasteiger partial charge in [0.15, 0.2) is 20.3 Å². The van der Waals surface area contributed by atoms with Crippen LogP contribution in [0.5, 0.6) is 5.88 Å². The molecule has 0 aliphatic carbocycles. The fraction of sp³-hybridized carbons (Fsp3) is 0.667. The lowest BCUT2D eigenvalue weighted by Crippen LogP contribution is -2.42. The Balaban J connectivity index is 2.15. The zero-order chi connectivity index (χ0) is 22.1. The number of nitrogens with zero attached hydrogens (tertiary/aromatic N) is 5. The Morgan fingerprint density at radius 2 is 1.90 bits per heavy atom. The van der Waals surface area contributed by atoms with Crippen LogP contribution < -0.4 is 4.74 Å². The van der Waals surface area contributed by atoms with E-state index in [2.05, 4.69) is 31.0 Å². The lowest BCUT2D eigenvalue weighted by molar-refractivity contribution is -0.386. The highest BCUT2D eigenvalue weighted by Crippen LogP contribution is 2.37. The summed E-state index contributed by atoms with van der Waals surface area (Å²) in [4.78, 5) is 10.9. The molecule has 0 amide bonds. The van der Waals surface area contributed by atoms with Crippen molar-refractivity contribution in [3.8, 4) is 11.7 Å². The number of aromatic nitrogens is 4. The molecule has 2 heterocycles. The number of aryl methyl sites for hydroxylation is 2. The molecule has 1 unspecified atom stereocenters. The fourth-order valence-corrected chi connectivity index (χ4v) is 3.55. The van der Waals surface area contributed by atoms with E-state index in [1.165, 1.54) is 4.68 Å². The Morgan fingerprint density at radius 1 is 1.28 bits per heavy atom. The number of alkyl halides is 1. The summed E-state index contributed by atoms with van der Waals surface area (Å²) in [6.07, 6.45) is 0.351. The van der Waals surface area contributed by atoms with E-state index >= 15 is 0 Å². The van der Waals surface area contributed by atoms with Crippen molar-refractivity contribution in [3.63, 3.8) is 0 Å². The predicted molar refractivity (Wildman–Crippen MR) is 110 cm³/mol. The van der Waals surface area contributed by atoms with Gasteiger partial charge in [0.25, 0.3) is 0 Å². The van der Waals surface area contributed by atoms with Crippen LogP contribution in [0.1, 0.15) is 32.0 Å². The molecule has 0 saturated heterocycles. The van der Waals surface area contributed by atoms with Crippen LogP contribution in [0.15, 0.2) is 6.20 Å². The molecule has 0 saturated carbocycles. The summed E-state index contributed by atoms with van der Waals surface area (Å²) in [6, 6.07) is 0. The molecule has 11 heteroatoms. The zero-order valence-corrected chi connectivity index (χ0v) is 19.3. The van der Waals surface area contributed by atoms with Gasteiger partial charge in [0, 0.05) is 18.8 Å². The highest BCUT2D eigenvalue weighted by atomic mass is 28.4. The normalized spacial score (nSPS) is 13.6. The van der Waals surface area contributed by atoms with Crippen LogP contribution in [0.25, 0.3) is 5.82 Å². The van der Waals surface area contributed by atoms with Crippen molar-refractivity contribution in [1.29, 1.82) is 0 Å². The number of hydrogen-bond acceptors (Lipinski definition) is 6. The first-order chi connectivity index (χ1) is 13.2. The van der Waals surface area contributed by atoms with Gasteiger partial charge in [-0.3, -0.25) is 14.8 Å². The number of ether oxygens (including phenoxy) is 1. The Kier molecular flexibility index (Phi) is 6.53. The molecule has 162 valence electrons. The van der Waals surface area contributed by atoms with Gasteiger partial charge < -0.3 is 9.16 Å². The van der Waals surface area contributed by atoms with Gasteiger partial charge in [-0.15, -0.1) is 5.10 Å². The molecule has 0 aliphatic rings. The van der Waals surface area contributed by atoms with Crippen LogP contribution in [0.2, 0.25) is 18.1 Å². The lowest BCUT2D eigenvalue weighted by Gasteiger charge is -2.36. The third-order valence-corrected chi connectivity index (χ3v) is 9.76. The molecule has 29 heavy (non-hydrogen) atoms. The van der Waals surface area contributed by atoms with E-state index in [1.807, 2.05) is 20.0 Å². The Bertz CT molecular complexity index is 888. The van der Waals surface area contributed by atoms with Crippen molar-refractivity contribution < 1.29 is 18.5 Å². The monoisotopic (exact) mass is 427 g/mol. The van der Waals surface area contributed by atoms with Crippen molar-refractivity contribution in [2.75, 3.05) is 13.2 Å². The van der Waals surface area contributed by atoms with Gasteiger partial charge in [0.2, 0.25) is 0 Å². The first-order valence-electron chi connectivity index (χ1n) is 9.40. The first-order valence-corrected chi connectivity index (χ1v) is 12.3. The van der Waals surface area contributed by atoms with Gasteiger partial charge in [-0.1, -0.05) is 20.8 Å². The van der Waals surface area contributed by atoms with Crippen LogP contribution in [-0.4, -0.2) is 52.2 Å². The minimum absolute atomic E-state index is 0.0389. The van der Waals surface area contributed by atoms with E-state index in [-0.39, 0.29) is 35.5 Å². The molecule has 0 bridgehead atoms. The van der Waals surface area contributed by atoms with E-state index in [0.717, 1.165) is 5.56 Å². The second-order valence-electron chi connectivity index (χ2n) is 8.70. The summed E-state index contributed by atoms with van der Waals surface area (Å²) in [5.41, 5.74) is 0.762. The van der Waals surface area contributed by atoms with Crippen LogP contribution in [-0.2, 0) is 11.5 Å². The summed E-state index contributed by atoms with van der Waals surface area (Å²) in [5.74, 6) is 0.230. The van der Waals surface area contributed by atoms with Gasteiger partial charge in [0.1, 0.15) is 12.3 Å². The SMILES string of the molecule is Cc1cn(C)nc1-n1nc(OCC(F)CO[Si](C)(C)C(C)(C)C)c([N+](=O)[O-])c1C. The van der Waals surface area contributed by atoms with Crippen molar-refractivity contribution in [1.82, 2.24) is 19.6 Å². The maximum atomic E-state index is 14.4. The molecule has 2 rings (SSSR count). The summed E-state index contributed by atoms with van der Waals surface area (Å²) in [5, 5.41) is 19.9. The van der Waals surface area contributed by atoms with E-state index in [1.54, 1.807) is 24.9 Å². The molecule has 9 nitrogen and oxygen atoms in total. The van der Waals surface area contributed by atoms with Gasteiger partial charge in [-0.25, -0.2) is 9.07 Å². The molecule has 1 atom stereocenters. The molecular weight excluding hydrogens is 397 g/mol. The molecule has 2 aromatic heterocycles. The molecule has 0 fully saturated rings. The third kappa shape index (κ3) is 5.02. The average Bonchev–Trinajstić information content (AvgIpc) is 3.08. The van der Waals surface area contributed by atoms with Crippen LogP contribution in [0, 0.1) is 24.0 Å². The van der Waals surface area contributed by atoms with Gasteiger partial charge in [0.05, 0.1) is 11.5 Å². The molecule has 0 aliphatic heterocycles. The van der Waals surface area contributed by atoms with E-state index in [4.69, 9.17) is 9.16 Å². The van der Waals surface area contributed by atoms with Crippen LogP contribution in [0.4, 0.5) is 10.1 Å². The highest BCUT2D eigenvalue weighted by molar-refractivity contribution is 6.74. The number of hydrogen-bond donors (Lipinski definition) is 0. The topological polar surface area (TPSA) is 97.2 Å². The van der Waals surface area contributed by atoms with Gasteiger partial charge in [-0.05, 0) is 32.0 Å². The standard InChI is InChI=1S/C18H30FN5O4Si/c1-12-9-22(6)20-16(12)23-13(2)15(24(25)26)17(21-23)27-10-14(19)11-28-29(7,8)18(3,4)5/h9,14H,10-11H2,1-8H3. The molecule has 2 aromatic rings. The van der Waals surface area contributed by atoms with Gasteiger partial charge >= 0.3 is 11.6 Å². The molecule has 0 aromatic carbocycles. The maximum absolute atomic E-state index is 14.4. The second-order valence-corrected chi connectivity index (χ2v) is 13.5. The van der Waals surface area contributed by atoms with E-state index < -0.39 is 19.4 Å². The molecule has 0 N–H and O–H groups in total. The number of nitro groups is 1.